The van der Waals surface area contributed by atoms with Crippen LogP contribution in [0.4, 0.5) is 5.69 Å². The average Bonchev–Trinajstić information content (AvgIpc) is 2.55. The van der Waals surface area contributed by atoms with Crippen molar-refractivity contribution < 1.29 is 14.5 Å². The Morgan fingerprint density at radius 3 is 2.00 bits per heavy atom. The van der Waals surface area contributed by atoms with E-state index >= 15 is 0 Å². The number of nitrogens with one attached hydrogen (secondary N) is 2. The van der Waals surface area contributed by atoms with Crippen molar-refractivity contribution in [1.29, 1.82) is 0 Å². The lowest BCUT2D eigenvalue weighted by atomic mass is 10.0. The fourth-order valence-electron chi connectivity index (χ4n) is 2.87. The number of para-hydroxylation sites is 1. The molecule has 0 heterocycles. The molecular formula is C19H32N3O2+. The molecule has 2 amide bonds. The van der Waals surface area contributed by atoms with Gasteiger partial charge in [-0.25, -0.2) is 0 Å². The number of hydrogen-bond donors (Lipinski definition) is 2. The van der Waals surface area contributed by atoms with Crippen LogP contribution in [0.15, 0.2) is 18.2 Å². The summed E-state index contributed by atoms with van der Waals surface area (Å²) in [6.07, 6.45) is 1.76. The third-order valence-electron chi connectivity index (χ3n) is 4.29. The molecule has 1 aromatic carbocycles. The van der Waals surface area contributed by atoms with Crippen molar-refractivity contribution in [3.8, 4) is 0 Å². The zero-order chi connectivity index (χ0) is 18.1. The van der Waals surface area contributed by atoms with Gasteiger partial charge in [0.05, 0.1) is 7.05 Å². The molecule has 0 saturated carbocycles. The Bertz CT molecular complexity index is 531. The van der Waals surface area contributed by atoms with Gasteiger partial charge in [0.2, 0.25) is 0 Å². The van der Waals surface area contributed by atoms with E-state index in [1.54, 1.807) is 4.90 Å². The fraction of sp³-hybridized carbons (Fsp3) is 0.579. The average molecular weight is 334 g/mol. The number of quaternary nitrogens is 1. The number of anilines is 1. The normalized spacial score (nSPS) is 11.9. The minimum atomic E-state index is -0.0459. The first kappa shape index (κ1) is 20.2. The Morgan fingerprint density at radius 1 is 1.00 bits per heavy atom. The van der Waals surface area contributed by atoms with E-state index in [-0.39, 0.29) is 18.4 Å². The number of rotatable bonds is 9. The summed E-state index contributed by atoms with van der Waals surface area (Å²) in [6, 6.07) is 6.14. The molecule has 1 aromatic rings. The second kappa shape index (κ2) is 10.1. The van der Waals surface area contributed by atoms with Crippen LogP contribution in [-0.2, 0) is 22.4 Å². The molecule has 5 heteroatoms. The van der Waals surface area contributed by atoms with Gasteiger partial charge < -0.3 is 15.1 Å². The van der Waals surface area contributed by atoms with Crippen LogP contribution in [0, 0.1) is 0 Å². The number of likely N-dealkylation sites (N-methyl/N-ethyl adjacent to an activating group) is 2. The van der Waals surface area contributed by atoms with Crippen molar-refractivity contribution in [2.45, 2.75) is 40.5 Å². The third-order valence-corrected chi connectivity index (χ3v) is 4.29. The maximum absolute atomic E-state index is 12.4. The van der Waals surface area contributed by atoms with Crippen LogP contribution in [0.3, 0.4) is 0 Å². The summed E-state index contributed by atoms with van der Waals surface area (Å²) in [4.78, 5) is 27.2. The highest BCUT2D eigenvalue weighted by Gasteiger charge is 2.18. The number of amides is 2. The molecule has 1 rings (SSSR count). The van der Waals surface area contributed by atoms with Crippen molar-refractivity contribution in [1.82, 2.24) is 4.90 Å². The third kappa shape index (κ3) is 5.64. The molecule has 0 fully saturated rings. The molecule has 2 N–H and O–H groups in total. The Kier molecular flexibility index (Phi) is 8.47. The second-order valence-electron chi connectivity index (χ2n) is 6.08. The molecule has 1 unspecified atom stereocenters. The summed E-state index contributed by atoms with van der Waals surface area (Å²) in [5.74, 6) is 0.0453. The van der Waals surface area contributed by atoms with Gasteiger partial charge in [-0.1, -0.05) is 32.0 Å². The monoisotopic (exact) mass is 334 g/mol. The summed E-state index contributed by atoms with van der Waals surface area (Å²) in [7, 11) is 1.88. The highest BCUT2D eigenvalue weighted by atomic mass is 16.2. The molecule has 0 aliphatic rings. The van der Waals surface area contributed by atoms with Crippen LogP contribution in [0.25, 0.3) is 0 Å². The van der Waals surface area contributed by atoms with Gasteiger partial charge in [-0.05, 0) is 37.8 Å². The van der Waals surface area contributed by atoms with Crippen LogP contribution < -0.4 is 10.2 Å². The zero-order valence-corrected chi connectivity index (χ0v) is 15.7. The van der Waals surface area contributed by atoms with E-state index in [9.17, 15) is 9.59 Å². The van der Waals surface area contributed by atoms with Gasteiger partial charge in [-0.3, -0.25) is 9.59 Å². The highest BCUT2D eigenvalue weighted by Crippen LogP contribution is 2.22. The molecule has 0 saturated heterocycles. The molecule has 1 atom stereocenters. The summed E-state index contributed by atoms with van der Waals surface area (Å²) >= 11 is 0. The first-order valence-corrected chi connectivity index (χ1v) is 8.96. The summed E-state index contributed by atoms with van der Waals surface area (Å²) in [5, 5.41) is 3.06. The minimum Gasteiger partial charge on any atom is -0.338 e. The van der Waals surface area contributed by atoms with Crippen molar-refractivity contribution in [2.75, 3.05) is 38.5 Å². The molecule has 0 aromatic heterocycles. The minimum absolute atomic E-state index is 0.0459. The lowest BCUT2D eigenvalue weighted by Gasteiger charge is -2.21. The standard InChI is InChI=1S/C19H31N3O2/c1-6-15-11-10-12-16(7-2)19(15)20-17(23)13-21(5)14-18(24)22(8-3)9-4/h10-12H,6-9,13-14H2,1-5H3,(H,20,23)/p+1. The van der Waals surface area contributed by atoms with Gasteiger partial charge in [0, 0.05) is 18.8 Å². The maximum atomic E-state index is 12.4. The van der Waals surface area contributed by atoms with Crippen molar-refractivity contribution >= 4 is 17.5 Å². The maximum Gasteiger partial charge on any atom is 0.279 e. The van der Waals surface area contributed by atoms with E-state index in [0.29, 0.717) is 19.6 Å². The van der Waals surface area contributed by atoms with Gasteiger partial charge in [0.15, 0.2) is 13.1 Å². The van der Waals surface area contributed by atoms with Crippen LogP contribution >= 0.6 is 0 Å². The SMILES string of the molecule is CCc1cccc(CC)c1NC(=O)C[NH+](C)CC(=O)N(CC)CC. The van der Waals surface area contributed by atoms with Gasteiger partial charge in [0.25, 0.3) is 11.8 Å². The van der Waals surface area contributed by atoms with Crippen LogP contribution in [-0.4, -0.2) is 49.9 Å². The number of carbonyl (C=O) groups is 2. The molecular weight excluding hydrogens is 302 g/mol. The molecule has 0 spiro atoms. The zero-order valence-electron chi connectivity index (χ0n) is 15.7. The summed E-state index contributed by atoms with van der Waals surface area (Å²) in [6.45, 7) is 10.2. The molecule has 24 heavy (non-hydrogen) atoms. The first-order valence-electron chi connectivity index (χ1n) is 8.96. The van der Waals surface area contributed by atoms with Gasteiger partial charge in [-0.15, -0.1) is 0 Å². The smallest absolute Gasteiger partial charge is 0.279 e. The predicted octanol–water partition coefficient (Wildman–Crippen LogP) is 1.13. The lowest BCUT2D eigenvalue weighted by molar-refractivity contribution is -0.862. The highest BCUT2D eigenvalue weighted by molar-refractivity contribution is 5.93. The Hall–Kier alpha value is -1.88. The molecule has 5 nitrogen and oxygen atoms in total. The number of nitrogens with zero attached hydrogens (tertiary/aromatic N) is 1. The number of aryl methyl sites for hydroxylation is 2. The van der Waals surface area contributed by atoms with Gasteiger partial charge >= 0.3 is 0 Å². The molecule has 0 bridgehead atoms. The van der Waals surface area contributed by atoms with Crippen LogP contribution in [0.5, 0.6) is 0 Å². The van der Waals surface area contributed by atoms with Gasteiger partial charge in [0.1, 0.15) is 0 Å². The molecule has 0 aliphatic carbocycles. The van der Waals surface area contributed by atoms with E-state index < -0.39 is 0 Å². The van der Waals surface area contributed by atoms with E-state index in [1.165, 1.54) is 0 Å². The lowest BCUT2D eigenvalue weighted by Crippen LogP contribution is -3.11. The first-order chi connectivity index (χ1) is 11.5. The van der Waals surface area contributed by atoms with Crippen molar-refractivity contribution in [3.05, 3.63) is 29.3 Å². The van der Waals surface area contributed by atoms with Gasteiger partial charge in [-0.2, -0.15) is 0 Å². The Morgan fingerprint density at radius 2 is 1.54 bits per heavy atom. The topological polar surface area (TPSA) is 53.9 Å². The fourth-order valence-corrected chi connectivity index (χ4v) is 2.87. The summed E-state index contributed by atoms with van der Waals surface area (Å²) in [5.41, 5.74) is 3.24. The summed E-state index contributed by atoms with van der Waals surface area (Å²) < 4.78 is 0. The number of carbonyl (C=O) groups excluding carboxylic acids is 2. The Balaban J connectivity index is 2.68. The molecule has 0 aliphatic heterocycles. The van der Waals surface area contributed by atoms with Crippen molar-refractivity contribution in [3.63, 3.8) is 0 Å². The van der Waals surface area contributed by atoms with Crippen LogP contribution in [0.2, 0.25) is 0 Å². The quantitative estimate of drug-likeness (QED) is 0.711. The Labute approximate surface area is 146 Å². The van der Waals surface area contributed by atoms with Crippen molar-refractivity contribution in [2.24, 2.45) is 0 Å². The second-order valence-corrected chi connectivity index (χ2v) is 6.08. The number of hydrogen-bond acceptors (Lipinski definition) is 2. The van der Waals surface area contributed by atoms with E-state index in [4.69, 9.17) is 0 Å². The largest absolute Gasteiger partial charge is 0.338 e. The van der Waals surface area contributed by atoms with Crippen LogP contribution in [0.1, 0.15) is 38.8 Å². The molecule has 0 radical (unpaired) electrons. The van der Waals surface area contributed by atoms with E-state index in [0.717, 1.165) is 34.6 Å². The molecule has 134 valence electrons. The van der Waals surface area contributed by atoms with E-state index in [2.05, 4.69) is 31.3 Å². The number of benzene rings is 1. The van der Waals surface area contributed by atoms with E-state index in [1.807, 2.05) is 27.0 Å². The predicted molar refractivity (Wildman–Crippen MR) is 98.4 cm³/mol.